The van der Waals surface area contributed by atoms with Crippen LogP contribution in [0.2, 0.25) is 0 Å². The van der Waals surface area contributed by atoms with Crippen molar-refractivity contribution in [3.63, 3.8) is 0 Å². The van der Waals surface area contributed by atoms with Gasteiger partial charge in [0.1, 0.15) is 5.75 Å². The van der Waals surface area contributed by atoms with Crippen molar-refractivity contribution in [1.29, 1.82) is 0 Å². The molecule has 2 aromatic rings. The van der Waals surface area contributed by atoms with Gasteiger partial charge in [0.25, 0.3) is 0 Å². The monoisotopic (exact) mass is 300 g/mol. The van der Waals surface area contributed by atoms with E-state index in [1.165, 1.54) is 26.4 Å². The van der Waals surface area contributed by atoms with Crippen LogP contribution in [0.25, 0.3) is 0 Å². The Balaban J connectivity index is 2.19. The largest absolute Gasteiger partial charge is 0.507 e. The summed E-state index contributed by atoms with van der Waals surface area (Å²) in [5, 5.41) is 9.64. The van der Waals surface area contributed by atoms with Crippen LogP contribution in [-0.4, -0.2) is 30.9 Å². The molecule has 0 heterocycles. The lowest BCUT2D eigenvalue weighted by molar-refractivity contribution is -0.114. The summed E-state index contributed by atoms with van der Waals surface area (Å²) in [5.74, 6) is -0.483. The highest BCUT2D eigenvalue weighted by atomic mass is 16.5. The van der Waals surface area contributed by atoms with Crippen LogP contribution in [-0.2, 0) is 11.2 Å². The van der Waals surface area contributed by atoms with E-state index in [0.717, 1.165) is 0 Å². The van der Waals surface area contributed by atoms with Crippen LogP contribution < -0.4 is 9.47 Å². The summed E-state index contributed by atoms with van der Waals surface area (Å²) in [6.45, 7) is 0. The fraction of sp³-hybridized carbons (Fsp3) is 0.176. The number of hydrogen-bond donors (Lipinski definition) is 1. The molecule has 0 aliphatic carbocycles. The lowest BCUT2D eigenvalue weighted by Gasteiger charge is -2.09. The third kappa shape index (κ3) is 3.25. The summed E-state index contributed by atoms with van der Waals surface area (Å²) < 4.78 is 10.3. The maximum Gasteiger partial charge on any atom is 0.232 e. The Morgan fingerprint density at radius 2 is 1.68 bits per heavy atom. The standard InChI is InChI=1S/C17H16O5/c1-21-15-8-7-11(10-16(15)22-2)9-14(19)17(20)12-5-3-4-6-13(12)18/h3-8,10,18H,9H2,1-2H3. The van der Waals surface area contributed by atoms with E-state index in [9.17, 15) is 14.7 Å². The molecule has 0 aliphatic heterocycles. The number of ketones is 2. The zero-order valence-electron chi connectivity index (χ0n) is 12.3. The molecule has 2 rings (SSSR count). The van der Waals surface area contributed by atoms with Gasteiger partial charge in [-0.1, -0.05) is 18.2 Å². The Hall–Kier alpha value is -2.82. The molecule has 5 nitrogen and oxygen atoms in total. The Morgan fingerprint density at radius 3 is 2.32 bits per heavy atom. The van der Waals surface area contributed by atoms with Crippen LogP contribution in [0.3, 0.4) is 0 Å². The van der Waals surface area contributed by atoms with Crippen molar-refractivity contribution >= 4 is 11.6 Å². The molecule has 0 saturated carbocycles. The van der Waals surface area contributed by atoms with Gasteiger partial charge in [-0.15, -0.1) is 0 Å². The van der Waals surface area contributed by atoms with Crippen molar-refractivity contribution in [1.82, 2.24) is 0 Å². The van der Waals surface area contributed by atoms with E-state index in [2.05, 4.69) is 0 Å². The fourth-order valence-electron chi connectivity index (χ4n) is 2.07. The minimum atomic E-state index is -0.715. The smallest absolute Gasteiger partial charge is 0.232 e. The normalized spacial score (nSPS) is 10.1. The minimum Gasteiger partial charge on any atom is -0.507 e. The van der Waals surface area contributed by atoms with Gasteiger partial charge >= 0.3 is 0 Å². The quantitative estimate of drug-likeness (QED) is 0.655. The number of para-hydroxylation sites is 1. The highest BCUT2D eigenvalue weighted by Crippen LogP contribution is 2.28. The molecule has 0 amide bonds. The first-order valence-corrected chi connectivity index (χ1v) is 6.63. The number of phenolic OH excluding ortho intramolecular Hbond substituents is 1. The molecule has 114 valence electrons. The number of benzene rings is 2. The molecular weight excluding hydrogens is 284 g/mol. The first-order chi connectivity index (χ1) is 10.6. The van der Waals surface area contributed by atoms with Gasteiger partial charge in [-0.2, -0.15) is 0 Å². The first kappa shape index (κ1) is 15.6. The SMILES string of the molecule is COc1ccc(CC(=O)C(=O)c2ccccc2O)cc1OC. The second-order valence-corrected chi connectivity index (χ2v) is 4.64. The van der Waals surface area contributed by atoms with Gasteiger partial charge < -0.3 is 14.6 Å². The number of carbonyl (C=O) groups excluding carboxylic acids is 2. The fourth-order valence-corrected chi connectivity index (χ4v) is 2.07. The van der Waals surface area contributed by atoms with Crippen molar-refractivity contribution in [3.8, 4) is 17.2 Å². The van der Waals surface area contributed by atoms with Gasteiger partial charge in [-0.25, -0.2) is 0 Å². The van der Waals surface area contributed by atoms with Crippen molar-refractivity contribution in [2.75, 3.05) is 14.2 Å². The van der Waals surface area contributed by atoms with E-state index in [0.29, 0.717) is 17.1 Å². The Bertz CT molecular complexity index is 706. The van der Waals surface area contributed by atoms with E-state index in [1.54, 1.807) is 30.3 Å². The van der Waals surface area contributed by atoms with Crippen LogP contribution in [0.5, 0.6) is 17.2 Å². The lowest BCUT2D eigenvalue weighted by Crippen LogP contribution is -2.16. The van der Waals surface area contributed by atoms with E-state index >= 15 is 0 Å². The molecule has 1 N–H and O–H groups in total. The maximum atomic E-state index is 12.1. The zero-order chi connectivity index (χ0) is 16.1. The van der Waals surface area contributed by atoms with E-state index < -0.39 is 11.6 Å². The summed E-state index contributed by atoms with van der Waals surface area (Å²) in [6, 6.07) is 11.0. The van der Waals surface area contributed by atoms with Crippen LogP contribution in [0, 0.1) is 0 Å². The Labute approximate surface area is 128 Å². The molecule has 0 saturated heterocycles. The number of methoxy groups -OCH3 is 2. The molecule has 0 aromatic heterocycles. The van der Waals surface area contributed by atoms with Crippen molar-refractivity contribution < 1.29 is 24.2 Å². The molecule has 22 heavy (non-hydrogen) atoms. The highest BCUT2D eigenvalue weighted by molar-refractivity contribution is 6.44. The highest BCUT2D eigenvalue weighted by Gasteiger charge is 2.20. The lowest BCUT2D eigenvalue weighted by atomic mass is 10.0. The van der Waals surface area contributed by atoms with E-state index in [4.69, 9.17) is 9.47 Å². The molecule has 0 spiro atoms. The molecule has 0 bridgehead atoms. The molecule has 0 radical (unpaired) electrons. The Kier molecular flexibility index (Phi) is 4.78. The van der Waals surface area contributed by atoms with Gasteiger partial charge in [-0.3, -0.25) is 9.59 Å². The van der Waals surface area contributed by atoms with Crippen molar-refractivity contribution in [2.45, 2.75) is 6.42 Å². The van der Waals surface area contributed by atoms with Crippen molar-refractivity contribution in [3.05, 3.63) is 53.6 Å². The maximum absolute atomic E-state index is 12.1. The average molecular weight is 300 g/mol. The molecule has 2 aromatic carbocycles. The topological polar surface area (TPSA) is 72.8 Å². The summed E-state index contributed by atoms with van der Waals surface area (Å²) in [6.07, 6.45) is -0.0759. The second kappa shape index (κ2) is 6.76. The molecular formula is C17H16O5. The van der Waals surface area contributed by atoms with Crippen LogP contribution in [0.15, 0.2) is 42.5 Å². The van der Waals surface area contributed by atoms with Gasteiger partial charge in [0.15, 0.2) is 11.5 Å². The summed E-state index contributed by atoms with van der Waals surface area (Å²) in [5.41, 5.74) is 0.638. The minimum absolute atomic E-state index is 0.00739. The number of carbonyl (C=O) groups is 2. The number of ether oxygens (including phenoxy) is 2. The summed E-state index contributed by atoms with van der Waals surface area (Å²) in [4.78, 5) is 24.2. The van der Waals surface area contributed by atoms with Crippen LogP contribution in [0.4, 0.5) is 0 Å². The number of phenols is 1. The molecule has 0 unspecified atom stereocenters. The molecule has 0 aliphatic rings. The zero-order valence-corrected chi connectivity index (χ0v) is 12.3. The summed E-state index contributed by atoms with van der Waals surface area (Å²) >= 11 is 0. The number of rotatable bonds is 6. The van der Waals surface area contributed by atoms with Gasteiger partial charge in [-0.05, 0) is 29.8 Å². The van der Waals surface area contributed by atoms with Gasteiger partial charge in [0.2, 0.25) is 11.6 Å². The third-order valence-corrected chi connectivity index (χ3v) is 3.21. The predicted molar refractivity (Wildman–Crippen MR) is 80.7 cm³/mol. The average Bonchev–Trinajstić information content (AvgIpc) is 2.54. The first-order valence-electron chi connectivity index (χ1n) is 6.63. The number of hydrogen-bond acceptors (Lipinski definition) is 5. The molecule has 5 heteroatoms. The van der Waals surface area contributed by atoms with E-state index in [1.807, 2.05) is 0 Å². The van der Waals surface area contributed by atoms with E-state index in [-0.39, 0.29) is 17.7 Å². The molecule has 0 fully saturated rings. The number of aromatic hydroxyl groups is 1. The van der Waals surface area contributed by atoms with Crippen molar-refractivity contribution in [2.24, 2.45) is 0 Å². The third-order valence-electron chi connectivity index (χ3n) is 3.21. The van der Waals surface area contributed by atoms with Gasteiger partial charge in [0.05, 0.1) is 19.8 Å². The van der Waals surface area contributed by atoms with Crippen LogP contribution >= 0.6 is 0 Å². The molecule has 0 atom stereocenters. The predicted octanol–water partition coefficient (Wildman–Crippen LogP) is 2.40. The Morgan fingerprint density at radius 1 is 1.00 bits per heavy atom. The number of Topliss-reactive ketones (excluding diaryl/α,β-unsaturated/α-hetero) is 2. The summed E-state index contributed by atoms with van der Waals surface area (Å²) in [7, 11) is 3.01. The van der Waals surface area contributed by atoms with Gasteiger partial charge in [0, 0.05) is 6.42 Å². The second-order valence-electron chi connectivity index (χ2n) is 4.64. The van der Waals surface area contributed by atoms with Crippen LogP contribution in [0.1, 0.15) is 15.9 Å².